The summed E-state index contributed by atoms with van der Waals surface area (Å²) in [6, 6.07) is 8.53. The molecule has 3 aromatic rings. The highest BCUT2D eigenvalue weighted by Crippen LogP contribution is 2.39. The van der Waals surface area contributed by atoms with E-state index in [0.29, 0.717) is 42.0 Å². The first-order valence-electron chi connectivity index (χ1n) is 10.8. The van der Waals surface area contributed by atoms with Crippen molar-refractivity contribution < 1.29 is 13.9 Å². The van der Waals surface area contributed by atoms with Gasteiger partial charge in [-0.3, -0.25) is 4.90 Å². The Labute approximate surface area is 198 Å². The molecule has 2 atom stereocenters. The molecule has 2 unspecified atom stereocenters. The Kier molecular flexibility index (Phi) is 8.55. The van der Waals surface area contributed by atoms with Gasteiger partial charge in [0.25, 0.3) is 0 Å². The normalized spacial score (nSPS) is 16.8. The number of hydrogen-bond acceptors (Lipinski definition) is 7. The standard InChI is InChI=1S/C23H24ClFN4O2.CH5N/c1-14-8-15(14)11-29(6-7-30)12-16-9-17-20(10-21(16)31-2)26-13-27-23(17)28-19-5-3-4-18(24)22(19)25;1-2/h3-5,7,9-10,13-15H,6,8,11-12H2,1-2H3,(H,26,27,28);2H2,1H3. The van der Waals surface area contributed by atoms with Crippen LogP contribution < -0.4 is 15.8 Å². The topological polar surface area (TPSA) is 93.4 Å². The molecule has 0 saturated heterocycles. The van der Waals surface area contributed by atoms with Crippen LogP contribution in [0.5, 0.6) is 5.75 Å². The van der Waals surface area contributed by atoms with Crippen molar-refractivity contribution in [3.63, 3.8) is 0 Å². The maximum atomic E-state index is 14.4. The number of benzene rings is 2. The number of methoxy groups -OCH3 is 1. The molecule has 1 aromatic heterocycles. The highest BCUT2D eigenvalue weighted by molar-refractivity contribution is 6.31. The Balaban J connectivity index is 0.00000149. The third-order valence-corrected chi connectivity index (χ3v) is 6.03. The van der Waals surface area contributed by atoms with E-state index in [1.165, 1.54) is 25.9 Å². The summed E-state index contributed by atoms with van der Waals surface area (Å²) < 4.78 is 20.0. The fraction of sp³-hybridized carbons (Fsp3) is 0.375. The van der Waals surface area contributed by atoms with E-state index in [4.69, 9.17) is 16.3 Å². The van der Waals surface area contributed by atoms with Crippen LogP contribution in [0.3, 0.4) is 0 Å². The number of nitrogens with two attached hydrogens (primary N) is 1. The van der Waals surface area contributed by atoms with Gasteiger partial charge < -0.3 is 20.6 Å². The van der Waals surface area contributed by atoms with Crippen molar-refractivity contribution in [1.29, 1.82) is 0 Å². The van der Waals surface area contributed by atoms with E-state index < -0.39 is 5.82 Å². The number of carbonyl (C=O) groups is 1. The van der Waals surface area contributed by atoms with Gasteiger partial charge in [0.1, 0.15) is 24.2 Å². The molecular formula is C24H29ClFN5O2. The summed E-state index contributed by atoms with van der Waals surface area (Å²) in [5.74, 6) is 1.93. The molecule has 2 aromatic carbocycles. The van der Waals surface area contributed by atoms with Gasteiger partial charge in [-0.1, -0.05) is 24.6 Å². The molecule has 7 nitrogen and oxygen atoms in total. The molecule has 0 radical (unpaired) electrons. The summed E-state index contributed by atoms with van der Waals surface area (Å²) in [5.41, 5.74) is 6.31. The van der Waals surface area contributed by atoms with Crippen LogP contribution in [0.25, 0.3) is 10.9 Å². The number of aromatic nitrogens is 2. The number of aldehydes is 1. The van der Waals surface area contributed by atoms with E-state index in [1.54, 1.807) is 19.2 Å². The number of fused-ring (bicyclic) bond motifs is 1. The molecule has 176 valence electrons. The summed E-state index contributed by atoms with van der Waals surface area (Å²) >= 11 is 5.91. The van der Waals surface area contributed by atoms with Crippen LogP contribution in [0, 0.1) is 17.7 Å². The highest BCUT2D eigenvalue weighted by Gasteiger charge is 2.34. The van der Waals surface area contributed by atoms with Crippen LogP contribution in [0.4, 0.5) is 15.9 Å². The fourth-order valence-electron chi connectivity index (χ4n) is 3.80. The van der Waals surface area contributed by atoms with Gasteiger partial charge in [0.2, 0.25) is 0 Å². The number of nitrogens with zero attached hydrogens (tertiary/aromatic N) is 3. The number of halogens is 2. The molecule has 0 spiro atoms. The third-order valence-electron chi connectivity index (χ3n) is 5.74. The SMILES string of the molecule is CN.COc1cc2ncnc(Nc3cccc(Cl)c3F)c2cc1CN(CC=O)CC1CC1C. The van der Waals surface area contributed by atoms with Gasteiger partial charge in [0.15, 0.2) is 5.82 Å². The fourth-order valence-corrected chi connectivity index (χ4v) is 3.98. The van der Waals surface area contributed by atoms with E-state index in [2.05, 4.69) is 32.8 Å². The molecule has 0 aliphatic heterocycles. The van der Waals surface area contributed by atoms with Crippen molar-refractivity contribution in [2.75, 3.05) is 32.6 Å². The highest BCUT2D eigenvalue weighted by atomic mass is 35.5. The molecule has 4 rings (SSSR count). The second kappa shape index (κ2) is 11.4. The molecule has 0 amide bonds. The van der Waals surface area contributed by atoms with Crippen LogP contribution in [0.2, 0.25) is 5.02 Å². The van der Waals surface area contributed by atoms with Crippen molar-refractivity contribution >= 4 is 40.3 Å². The van der Waals surface area contributed by atoms with Crippen molar-refractivity contribution in [3.05, 3.63) is 53.1 Å². The molecule has 33 heavy (non-hydrogen) atoms. The van der Waals surface area contributed by atoms with Gasteiger partial charge >= 0.3 is 0 Å². The molecular weight excluding hydrogens is 445 g/mol. The second-order valence-electron chi connectivity index (χ2n) is 7.96. The summed E-state index contributed by atoms with van der Waals surface area (Å²) in [4.78, 5) is 22.0. The maximum Gasteiger partial charge on any atom is 0.165 e. The van der Waals surface area contributed by atoms with Crippen LogP contribution in [0.15, 0.2) is 36.7 Å². The van der Waals surface area contributed by atoms with Crippen LogP contribution >= 0.6 is 11.6 Å². The number of rotatable bonds is 9. The third kappa shape index (κ3) is 5.96. The van der Waals surface area contributed by atoms with Gasteiger partial charge in [-0.15, -0.1) is 0 Å². The van der Waals surface area contributed by atoms with E-state index in [0.717, 1.165) is 23.8 Å². The molecule has 1 saturated carbocycles. The average Bonchev–Trinajstić information content (AvgIpc) is 3.52. The minimum absolute atomic E-state index is 0.0320. The Hall–Kier alpha value is -2.81. The van der Waals surface area contributed by atoms with E-state index in [9.17, 15) is 9.18 Å². The minimum Gasteiger partial charge on any atom is -0.496 e. The molecule has 0 bridgehead atoms. The molecule has 1 aliphatic carbocycles. The predicted octanol–water partition coefficient (Wildman–Crippen LogP) is 4.41. The van der Waals surface area contributed by atoms with Crippen molar-refractivity contribution in [1.82, 2.24) is 14.9 Å². The van der Waals surface area contributed by atoms with Crippen molar-refractivity contribution in [2.45, 2.75) is 19.9 Å². The first-order valence-corrected chi connectivity index (χ1v) is 11.1. The van der Waals surface area contributed by atoms with Gasteiger partial charge in [-0.2, -0.15) is 0 Å². The molecule has 1 aliphatic rings. The molecule has 1 fully saturated rings. The Morgan fingerprint density at radius 2 is 2.09 bits per heavy atom. The summed E-state index contributed by atoms with van der Waals surface area (Å²) in [5, 5.41) is 3.78. The molecule has 3 N–H and O–H groups in total. The average molecular weight is 474 g/mol. The Morgan fingerprint density at radius 3 is 2.76 bits per heavy atom. The van der Waals surface area contributed by atoms with E-state index in [-0.39, 0.29) is 10.7 Å². The van der Waals surface area contributed by atoms with Gasteiger partial charge in [-0.05, 0) is 43.5 Å². The largest absolute Gasteiger partial charge is 0.496 e. The number of ether oxygens (including phenoxy) is 1. The van der Waals surface area contributed by atoms with Crippen LogP contribution in [-0.4, -0.2) is 48.4 Å². The first kappa shape index (κ1) is 24.8. The second-order valence-corrected chi connectivity index (χ2v) is 8.37. The zero-order valence-electron chi connectivity index (χ0n) is 19.0. The van der Waals surface area contributed by atoms with Crippen molar-refractivity contribution in [3.8, 4) is 5.75 Å². The van der Waals surface area contributed by atoms with Crippen LogP contribution in [0.1, 0.15) is 18.9 Å². The van der Waals surface area contributed by atoms with Crippen molar-refractivity contribution in [2.24, 2.45) is 17.6 Å². The van der Waals surface area contributed by atoms with E-state index >= 15 is 0 Å². The first-order chi connectivity index (χ1) is 16.0. The lowest BCUT2D eigenvalue weighted by atomic mass is 10.1. The smallest absolute Gasteiger partial charge is 0.165 e. The predicted molar refractivity (Wildman–Crippen MR) is 130 cm³/mol. The molecule has 1 heterocycles. The maximum absolute atomic E-state index is 14.4. The number of carbonyl (C=O) groups excluding carboxylic acids is 1. The summed E-state index contributed by atoms with van der Waals surface area (Å²) in [6.45, 7) is 4.01. The Morgan fingerprint density at radius 1 is 1.33 bits per heavy atom. The Bertz CT molecular complexity index is 1110. The lowest BCUT2D eigenvalue weighted by Gasteiger charge is -2.22. The summed E-state index contributed by atoms with van der Waals surface area (Å²) in [6.07, 6.45) is 3.54. The van der Waals surface area contributed by atoms with Gasteiger partial charge in [0, 0.05) is 30.1 Å². The quantitative estimate of drug-likeness (QED) is 0.444. The lowest BCUT2D eigenvalue weighted by molar-refractivity contribution is -0.109. The van der Waals surface area contributed by atoms with E-state index in [1.807, 2.05) is 12.1 Å². The number of anilines is 2. The van der Waals surface area contributed by atoms with Gasteiger partial charge in [0.05, 0.1) is 29.9 Å². The summed E-state index contributed by atoms with van der Waals surface area (Å²) in [7, 11) is 3.11. The zero-order chi connectivity index (χ0) is 24.0. The monoisotopic (exact) mass is 473 g/mol. The van der Waals surface area contributed by atoms with Crippen LogP contribution in [-0.2, 0) is 11.3 Å². The number of nitrogens with one attached hydrogen (secondary N) is 1. The lowest BCUT2D eigenvalue weighted by Crippen LogP contribution is -2.28. The zero-order valence-corrected chi connectivity index (χ0v) is 19.8. The minimum atomic E-state index is -0.541. The van der Waals surface area contributed by atoms with Gasteiger partial charge in [-0.25, -0.2) is 14.4 Å². The molecule has 9 heteroatoms. The number of hydrogen-bond donors (Lipinski definition) is 2.